The number of rotatable bonds is 4. The Labute approximate surface area is 117 Å². The number of Topliss-reactive ketones (excluding diaryl/α,β-unsaturated/α-hetero) is 2. The second-order valence-corrected chi connectivity index (χ2v) is 6.32. The fraction of sp³-hybridized carbons (Fsp3) is 0.647. The van der Waals surface area contributed by atoms with E-state index in [1.807, 2.05) is 27.7 Å². The van der Waals surface area contributed by atoms with E-state index in [4.69, 9.17) is 0 Å². The van der Waals surface area contributed by atoms with Gasteiger partial charge >= 0.3 is 0 Å². The maximum Gasteiger partial charge on any atom is 0.134 e. The van der Waals surface area contributed by atoms with E-state index in [9.17, 15) is 9.59 Å². The molecule has 0 N–H and O–H groups in total. The molecule has 1 aliphatic carbocycles. The summed E-state index contributed by atoms with van der Waals surface area (Å²) in [5.41, 5.74) is 2.44. The molecular formula is C17H26O2. The molecule has 0 saturated heterocycles. The van der Waals surface area contributed by atoms with Gasteiger partial charge in [0.15, 0.2) is 0 Å². The van der Waals surface area contributed by atoms with Crippen LogP contribution in [0.1, 0.15) is 48.0 Å². The summed E-state index contributed by atoms with van der Waals surface area (Å²) in [6, 6.07) is 0. The summed E-state index contributed by atoms with van der Waals surface area (Å²) < 4.78 is 0. The summed E-state index contributed by atoms with van der Waals surface area (Å²) in [6.45, 7) is 11.4. The molecule has 0 aromatic rings. The van der Waals surface area contributed by atoms with E-state index in [0.717, 1.165) is 6.42 Å². The first-order valence-corrected chi connectivity index (χ1v) is 7.05. The Bertz CT molecular complexity index is 381. The molecular weight excluding hydrogens is 236 g/mol. The van der Waals surface area contributed by atoms with Gasteiger partial charge in [0.1, 0.15) is 11.6 Å². The molecule has 0 spiro atoms. The summed E-state index contributed by atoms with van der Waals surface area (Å²) in [5.74, 6) is 0.412. The minimum atomic E-state index is -0.145. The van der Waals surface area contributed by atoms with E-state index in [0.29, 0.717) is 0 Å². The molecule has 0 bridgehead atoms. The van der Waals surface area contributed by atoms with Crippen LogP contribution in [0.5, 0.6) is 0 Å². The lowest BCUT2D eigenvalue weighted by Crippen LogP contribution is -2.28. The minimum absolute atomic E-state index is 0.145. The van der Waals surface area contributed by atoms with Crippen molar-refractivity contribution in [2.75, 3.05) is 0 Å². The van der Waals surface area contributed by atoms with E-state index >= 15 is 0 Å². The fourth-order valence-corrected chi connectivity index (χ4v) is 3.45. The highest BCUT2D eigenvalue weighted by Crippen LogP contribution is 2.45. The molecule has 2 nitrogen and oxygen atoms in total. The smallest absolute Gasteiger partial charge is 0.134 e. The molecule has 1 rings (SSSR count). The molecule has 19 heavy (non-hydrogen) atoms. The Morgan fingerprint density at radius 3 is 1.26 bits per heavy atom. The van der Waals surface area contributed by atoms with Gasteiger partial charge in [-0.1, -0.05) is 23.3 Å². The van der Waals surface area contributed by atoms with Gasteiger partial charge in [-0.15, -0.1) is 0 Å². The molecule has 0 aromatic carbocycles. The largest absolute Gasteiger partial charge is 0.300 e. The molecule has 2 heteroatoms. The number of hydrogen-bond donors (Lipinski definition) is 0. The van der Waals surface area contributed by atoms with Gasteiger partial charge in [0.25, 0.3) is 0 Å². The lowest BCUT2D eigenvalue weighted by Gasteiger charge is -2.20. The zero-order valence-corrected chi connectivity index (χ0v) is 13.0. The Kier molecular flexibility index (Phi) is 5.28. The normalized spacial score (nSPS) is 29.8. The van der Waals surface area contributed by atoms with Crippen LogP contribution in [0.15, 0.2) is 23.3 Å². The average molecular weight is 262 g/mol. The van der Waals surface area contributed by atoms with Gasteiger partial charge in [0.05, 0.1) is 0 Å². The van der Waals surface area contributed by atoms with Crippen LogP contribution in [0.2, 0.25) is 0 Å². The highest BCUT2D eigenvalue weighted by molar-refractivity contribution is 5.89. The van der Waals surface area contributed by atoms with E-state index in [2.05, 4.69) is 12.2 Å². The Hall–Kier alpha value is -1.18. The zero-order chi connectivity index (χ0) is 14.7. The SMILES string of the molecule is CC(=O)C1C(C=C(C)C)CC(C=C(C)C)C1C(C)=O. The number of ketones is 2. The van der Waals surface area contributed by atoms with Gasteiger partial charge in [-0.25, -0.2) is 0 Å². The van der Waals surface area contributed by atoms with Crippen LogP contribution in [0.4, 0.5) is 0 Å². The Morgan fingerprint density at radius 2 is 1.05 bits per heavy atom. The maximum absolute atomic E-state index is 12.0. The lowest BCUT2D eigenvalue weighted by molar-refractivity contribution is -0.130. The van der Waals surface area contributed by atoms with Crippen molar-refractivity contribution >= 4 is 11.6 Å². The highest BCUT2D eigenvalue weighted by atomic mass is 16.1. The standard InChI is InChI=1S/C17H26O2/c1-10(2)7-14-9-15(8-11(3)4)17(13(6)19)16(14)12(5)18/h7-8,14-17H,9H2,1-6H3. The van der Waals surface area contributed by atoms with Crippen LogP contribution in [0.25, 0.3) is 0 Å². The third-order valence-electron chi connectivity index (χ3n) is 3.89. The van der Waals surface area contributed by atoms with Crippen LogP contribution in [0.3, 0.4) is 0 Å². The third-order valence-corrected chi connectivity index (χ3v) is 3.89. The van der Waals surface area contributed by atoms with E-state index in [-0.39, 0.29) is 35.2 Å². The van der Waals surface area contributed by atoms with Crippen molar-refractivity contribution in [3.8, 4) is 0 Å². The Morgan fingerprint density at radius 1 is 0.737 bits per heavy atom. The van der Waals surface area contributed by atoms with Crippen molar-refractivity contribution in [2.24, 2.45) is 23.7 Å². The first-order chi connectivity index (χ1) is 8.73. The monoisotopic (exact) mass is 262 g/mol. The van der Waals surface area contributed by atoms with Gasteiger partial charge in [0.2, 0.25) is 0 Å². The minimum Gasteiger partial charge on any atom is -0.300 e. The van der Waals surface area contributed by atoms with Gasteiger partial charge in [-0.05, 0) is 59.8 Å². The number of carbonyl (C=O) groups excluding carboxylic acids is 2. The maximum atomic E-state index is 12.0. The summed E-state index contributed by atoms with van der Waals surface area (Å²) in [6.07, 6.45) is 5.24. The summed E-state index contributed by atoms with van der Waals surface area (Å²) in [7, 11) is 0. The van der Waals surface area contributed by atoms with Crippen molar-refractivity contribution in [2.45, 2.75) is 48.0 Å². The van der Waals surface area contributed by atoms with E-state index in [1.165, 1.54) is 11.1 Å². The van der Waals surface area contributed by atoms with Crippen molar-refractivity contribution in [3.05, 3.63) is 23.3 Å². The molecule has 1 saturated carbocycles. The number of hydrogen-bond acceptors (Lipinski definition) is 2. The molecule has 1 aliphatic rings. The van der Waals surface area contributed by atoms with Gasteiger partial charge in [0, 0.05) is 11.8 Å². The first-order valence-electron chi connectivity index (χ1n) is 7.05. The van der Waals surface area contributed by atoms with Gasteiger partial charge in [-0.2, -0.15) is 0 Å². The summed E-state index contributed by atoms with van der Waals surface area (Å²) in [4.78, 5) is 24.0. The second kappa shape index (κ2) is 6.31. The second-order valence-electron chi connectivity index (χ2n) is 6.32. The molecule has 4 unspecified atom stereocenters. The van der Waals surface area contributed by atoms with E-state index in [1.54, 1.807) is 13.8 Å². The average Bonchev–Trinajstić information content (AvgIpc) is 2.53. The van der Waals surface area contributed by atoms with Crippen LogP contribution in [-0.2, 0) is 9.59 Å². The molecule has 0 heterocycles. The molecule has 0 radical (unpaired) electrons. The summed E-state index contributed by atoms with van der Waals surface area (Å²) >= 11 is 0. The quantitative estimate of drug-likeness (QED) is 0.718. The van der Waals surface area contributed by atoms with Crippen LogP contribution >= 0.6 is 0 Å². The fourth-order valence-electron chi connectivity index (χ4n) is 3.45. The lowest BCUT2D eigenvalue weighted by atomic mass is 9.81. The molecule has 0 aromatic heterocycles. The molecule has 4 atom stereocenters. The van der Waals surface area contributed by atoms with Crippen LogP contribution < -0.4 is 0 Å². The number of allylic oxidation sites excluding steroid dienone is 4. The van der Waals surface area contributed by atoms with Crippen LogP contribution in [0, 0.1) is 23.7 Å². The molecule has 106 valence electrons. The zero-order valence-electron chi connectivity index (χ0n) is 13.0. The van der Waals surface area contributed by atoms with Crippen molar-refractivity contribution in [1.29, 1.82) is 0 Å². The number of carbonyl (C=O) groups is 2. The molecule has 1 fully saturated rings. The Balaban J connectivity index is 3.18. The van der Waals surface area contributed by atoms with Gasteiger partial charge in [-0.3, -0.25) is 9.59 Å². The predicted molar refractivity (Wildman–Crippen MR) is 78.8 cm³/mol. The van der Waals surface area contributed by atoms with E-state index < -0.39 is 0 Å². The van der Waals surface area contributed by atoms with Crippen molar-refractivity contribution < 1.29 is 9.59 Å². The molecule has 0 aliphatic heterocycles. The van der Waals surface area contributed by atoms with Crippen LogP contribution in [-0.4, -0.2) is 11.6 Å². The van der Waals surface area contributed by atoms with Crippen molar-refractivity contribution in [1.82, 2.24) is 0 Å². The highest BCUT2D eigenvalue weighted by Gasteiger charge is 2.45. The van der Waals surface area contributed by atoms with Gasteiger partial charge < -0.3 is 0 Å². The summed E-state index contributed by atoms with van der Waals surface area (Å²) in [5, 5.41) is 0. The third kappa shape index (κ3) is 3.89. The predicted octanol–water partition coefficient (Wildman–Crippen LogP) is 3.97. The first kappa shape index (κ1) is 15.9. The topological polar surface area (TPSA) is 34.1 Å². The molecule has 0 amide bonds. The van der Waals surface area contributed by atoms with Crippen molar-refractivity contribution in [3.63, 3.8) is 0 Å².